The molecule has 0 aromatic carbocycles. The summed E-state index contributed by atoms with van der Waals surface area (Å²) in [5.74, 6) is 1.19. The average molecular weight is 240 g/mol. The maximum absolute atomic E-state index is 5.39. The molecule has 16 heavy (non-hydrogen) atoms. The highest BCUT2D eigenvalue weighted by Gasteiger charge is 2.04. The summed E-state index contributed by atoms with van der Waals surface area (Å²) in [6.45, 7) is 5.75. The van der Waals surface area contributed by atoms with Crippen LogP contribution >= 0.6 is 11.9 Å². The highest BCUT2D eigenvalue weighted by Crippen LogP contribution is 2.04. The summed E-state index contributed by atoms with van der Waals surface area (Å²) in [5.41, 5.74) is 1.24. The average Bonchev–Trinajstić information content (AvgIpc) is 2.33. The lowest BCUT2D eigenvalue weighted by molar-refractivity contribution is -0.495. The normalized spacial score (nSPS) is 10.6. The molecule has 0 N–H and O–H groups in total. The molecule has 1 heterocycles. The molecule has 0 fully saturated rings. The fourth-order valence-electron chi connectivity index (χ4n) is 1.41. The fourth-order valence-corrected chi connectivity index (χ4v) is 2.32. The van der Waals surface area contributed by atoms with Crippen LogP contribution in [0.4, 0.5) is 0 Å². The van der Waals surface area contributed by atoms with Crippen LogP contribution in [-0.2, 0) is 11.3 Å². The molecule has 1 rings (SSSR count). The second kappa shape index (κ2) is 8.59. The van der Waals surface area contributed by atoms with E-state index in [0.29, 0.717) is 6.61 Å². The van der Waals surface area contributed by atoms with E-state index in [1.54, 1.807) is 0 Å². The highest BCUT2D eigenvalue weighted by molar-refractivity contribution is 7.92. The quantitative estimate of drug-likeness (QED) is 0.511. The van der Waals surface area contributed by atoms with Crippen LogP contribution in [0.3, 0.4) is 0 Å². The molecule has 0 saturated carbocycles. The SMILES string of the molecule is CCCCCS[n+]1cccc(COCC)c1. The molecule has 0 saturated heterocycles. The molecule has 0 aliphatic heterocycles. The van der Waals surface area contributed by atoms with Gasteiger partial charge in [0.15, 0.2) is 24.3 Å². The van der Waals surface area contributed by atoms with Crippen molar-refractivity contribution in [2.75, 3.05) is 12.4 Å². The zero-order valence-electron chi connectivity index (χ0n) is 10.3. The van der Waals surface area contributed by atoms with Crippen molar-refractivity contribution in [2.24, 2.45) is 0 Å². The van der Waals surface area contributed by atoms with Crippen LogP contribution in [0.5, 0.6) is 0 Å². The van der Waals surface area contributed by atoms with Crippen molar-refractivity contribution in [3.63, 3.8) is 0 Å². The van der Waals surface area contributed by atoms with Crippen LogP contribution in [0, 0.1) is 0 Å². The molecular weight excluding hydrogens is 218 g/mol. The summed E-state index contributed by atoms with van der Waals surface area (Å²) in [6.07, 6.45) is 8.17. The van der Waals surface area contributed by atoms with Gasteiger partial charge >= 0.3 is 0 Å². The Labute approximate surface area is 103 Å². The van der Waals surface area contributed by atoms with Crippen LogP contribution in [0.25, 0.3) is 0 Å². The summed E-state index contributed by atoms with van der Waals surface area (Å²) < 4.78 is 7.58. The zero-order chi connectivity index (χ0) is 11.6. The zero-order valence-corrected chi connectivity index (χ0v) is 11.1. The molecule has 0 radical (unpaired) electrons. The van der Waals surface area contributed by atoms with Gasteiger partial charge in [0.1, 0.15) is 0 Å². The Balaban J connectivity index is 2.35. The molecule has 0 unspecified atom stereocenters. The van der Waals surface area contributed by atoms with Gasteiger partial charge in [-0.2, -0.15) is 0 Å². The number of nitrogens with zero attached hydrogens (tertiary/aromatic N) is 1. The van der Waals surface area contributed by atoms with Gasteiger partial charge in [-0.15, -0.1) is 3.97 Å². The Morgan fingerprint density at radius 1 is 1.31 bits per heavy atom. The molecule has 0 spiro atoms. The second-order valence-corrected chi connectivity index (χ2v) is 4.84. The molecule has 0 bridgehead atoms. The summed E-state index contributed by atoms with van der Waals surface area (Å²) in [5, 5.41) is 0. The van der Waals surface area contributed by atoms with E-state index >= 15 is 0 Å². The summed E-state index contributed by atoms with van der Waals surface area (Å²) in [4.78, 5) is 0. The first-order valence-corrected chi connectivity index (χ1v) is 7.02. The van der Waals surface area contributed by atoms with Gasteiger partial charge in [-0.1, -0.05) is 19.8 Å². The Bertz CT molecular complexity index is 291. The van der Waals surface area contributed by atoms with Crippen LogP contribution in [0.1, 0.15) is 38.7 Å². The number of rotatable bonds is 8. The van der Waals surface area contributed by atoms with Gasteiger partial charge < -0.3 is 4.74 Å². The van der Waals surface area contributed by atoms with Gasteiger partial charge in [-0.05, 0) is 19.4 Å². The summed E-state index contributed by atoms with van der Waals surface area (Å²) >= 11 is 1.87. The Morgan fingerprint density at radius 2 is 2.19 bits per heavy atom. The molecule has 1 aromatic rings. The largest absolute Gasteiger partial charge is 0.377 e. The van der Waals surface area contributed by atoms with E-state index < -0.39 is 0 Å². The number of ether oxygens (including phenoxy) is 1. The Kier molecular flexibility index (Phi) is 7.26. The van der Waals surface area contributed by atoms with Crippen LogP contribution < -0.4 is 3.97 Å². The van der Waals surface area contributed by atoms with Gasteiger partial charge in [-0.3, -0.25) is 0 Å². The maximum Gasteiger partial charge on any atom is 0.188 e. The molecule has 1 aromatic heterocycles. The van der Waals surface area contributed by atoms with Gasteiger partial charge in [0.25, 0.3) is 0 Å². The van der Waals surface area contributed by atoms with Crippen molar-refractivity contribution in [2.45, 2.75) is 39.7 Å². The van der Waals surface area contributed by atoms with E-state index in [2.05, 4.69) is 35.4 Å². The predicted octanol–water partition coefficient (Wildman–Crippen LogP) is 3.20. The monoisotopic (exact) mass is 240 g/mol. The van der Waals surface area contributed by atoms with E-state index in [9.17, 15) is 0 Å². The van der Waals surface area contributed by atoms with Crippen LogP contribution in [0.2, 0.25) is 0 Å². The van der Waals surface area contributed by atoms with Crippen molar-refractivity contribution in [3.05, 3.63) is 30.1 Å². The minimum atomic E-state index is 0.715. The third-order valence-electron chi connectivity index (χ3n) is 2.30. The summed E-state index contributed by atoms with van der Waals surface area (Å²) in [7, 11) is 0. The standard InChI is InChI=1S/C13H22NOS/c1-3-5-6-10-16-14-9-7-8-13(11-14)12-15-4-2/h7-9,11H,3-6,10,12H2,1-2H3/q+1. The molecule has 0 atom stereocenters. The maximum atomic E-state index is 5.39. The van der Waals surface area contributed by atoms with Crippen molar-refractivity contribution < 1.29 is 8.71 Å². The molecular formula is C13H22NOS+. The van der Waals surface area contributed by atoms with Crippen LogP contribution in [0.15, 0.2) is 24.5 Å². The molecule has 2 nitrogen and oxygen atoms in total. The van der Waals surface area contributed by atoms with E-state index in [0.717, 1.165) is 6.61 Å². The van der Waals surface area contributed by atoms with Crippen molar-refractivity contribution in [1.29, 1.82) is 0 Å². The predicted molar refractivity (Wildman–Crippen MR) is 69.3 cm³/mol. The first-order valence-electron chi connectivity index (χ1n) is 6.08. The first-order chi connectivity index (χ1) is 7.86. The lowest BCUT2D eigenvalue weighted by Gasteiger charge is -2.00. The lowest BCUT2D eigenvalue weighted by atomic mass is 10.3. The minimum Gasteiger partial charge on any atom is -0.377 e. The molecule has 0 amide bonds. The molecule has 0 aliphatic carbocycles. The minimum absolute atomic E-state index is 0.715. The van der Waals surface area contributed by atoms with Crippen molar-refractivity contribution in [1.82, 2.24) is 0 Å². The Hall–Kier alpha value is -0.540. The third kappa shape index (κ3) is 5.52. The van der Waals surface area contributed by atoms with E-state index in [1.165, 1.54) is 30.6 Å². The lowest BCUT2D eigenvalue weighted by Crippen LogP contribution is -2.25. The number of unbranched alkanes of at least 4 members (excludes halogenated alkanes) is 2. The van der Waals surface area contributed by atoms with Crippen molar-refractivity contribution >= 4 is 11.9 Å². The van der Waals surface area contributed by atoms with Gasteiger partial charge in [0, 0.05) is 18.2 Å². The molecule has 0 aliphatic rings. The van der Waals surface area contributed by atoms with E-state index in [4.69, 9.17) is 4.74 Å². The Morgan fingerprint density at radius 3 is 2.94 bits per heavy atom. The number of aromatic nitrogens is 1. The number of hydrogen-bond acceptors (Lipinski definition) is 2. The topological polar surface area (TPSA) is 13.1 Å². The van der Waals surface area contributed by atoms with E-state index in [-0.39, 0.29) is 0 Å². The van der Waals surface area contributed by atoms with Gasteiger partial charge in [0.2, 0.25) is 0 Å². The highest BCUT2D eigenvalue weighted by atomic mass is 32.2. The number of pyridine rings is 1. The molecule has 3 heteroatoms. The first kappa shape index (κ1) is 13.5. The summed E-state index contributed by atoms with van der Waals surface area (Å²) in [6, 6.07) is 4.19. The van der Waals surface area contributed by atoms with Gasteiger partial charge in [-0.25, -0.2) is 0 Å². The smallest absolute Gasteiger partial charge is 0.188 e. The fraction of sp³-hybridized carbons (Fsp3) is 0.615. The molecule has 90 valence electrons. The second-order valence-electron chi connectivity index (χ2n) is 3.75. The number of hydrogen-bond donors (Lipinski definition) is 0. The van der Waals surface area contributed by atoms with Gasteiger partial charge in [0.05, 0.1) is 12.4 Å². The third-order valence-corrected chi connectivity index (χ3v) is 3.29. The van der Waals surface area contributed by atoms with E-state index in [1.807, 2.05) is 18.9 Å². The van der Waals surface area contributed by atoms with Crippen LogP contribution in [-0.4, -0.2) is 12.4 Å². The van der Waals surface area contributed by atoms with Crippen molar-refractivity contribution in [3.8, 4) is 0 Å².